The lowest BCUT2D eigenvalue weighted by molar-refractivity contribution is -0.139. The number of carboxylic acids is 1. The summed E-state index contributed by atoms with van der Waals surface area (Å²) in [6.07, 6.45) is -3.33. The standard InChI is InChI=1S/C20H16F3NO6S/c21-20(22,23)13-3-1-2-12(10-13)15-5-4-14(30-15)11-16-18(27)24(19(28)31-16)7-9-29-8-6-17(25)26/h1-5,10-11H,6-9H2,(H,25,26). The van der Waals surface area contributed by atoms with Crippen molar-refractivity contribution in [1.82, 2.24) is 4.90 Å². The maximum atomic E-state index is 12.9. The van der Waals surface area contributed by atoms with Crippen LogP contribution in [0, 0.1) is 0 Å². The molecule has 2 aromatic rings. The highest BCUT2D eigenvalue weighted by Gasteiger charge is 2.35. The number of thioether (sulfide) groups is 1. The molecule has 0 bridgehead atoms. The summed E-state index contributed by atoms with van der Waals surface area (Å²) in [5.74, 6) is -1.19. The lowest BCUT2D eigenvalue weighted by Crippen LogP contribution is -2.31. The Labute approximate surface area is 178 Å². The lowest BCUT2D eigenvalue weighted by atomic mass is 10.1. The summed E-state index contributed by atoms with van der Waals surface area (Å²) in [5.41, 5.74) is -0.587. The Morgan fingerprint density at radius 2 is 1.97 bits per heavy atom. The van der Waals surface area contributed by atoms with Crippen molar-refractivity contribution in [2.45, 2.75) is 12.6 Å². The number of alkyl halides is 3. The van der Waals surface area contributed by atoms with Crippen LogP contribution in [0.5, 0.6) is 0 Å². The first-order valence-corrected chi connectivity index (χ1v) is 9.79. The third-order valence-corrected chi connectivity index (χ3v) is 5.08. The van der Waals surface area contributed by atoms with Crippen molar-refractivity contribution in [2.75, 3.05) is 19.8 Å². The van der Waals surface area contributed by atoms with E-state index >= 15 is 0 Å². The predicted octanol–water partition coefficient (Wildman–Crippen LogP) is 4.49. The van der Waals surface area contributed by atoms with Crippen LogP contribution in [0.1, 0.15) is 17.7 Å². The average molecular weight is 455 g/mol. The molecule has 0 unspecified atom stereocenters. The fraction of sp³-hybridized carbons (Fsp3) is 0.250. The van der Waals surface area contributed by atoms with Gasteiger partial charge in [-0.25, -0.2) is 0 Å². The monoisotopic (exact) mass is 455 g/mol. The van der Waals surface area contributed by atoms with E-state index in [1.807, 2.05) is 0 Å². The molecule has 31 heavy (non-hydrogen) atoms. The molecule has 0 saturated carbocycles. The number of ether oxygens (including phenoxy) is 1. The van der Waals surface area contributed by atoms with Crippen molar-refractivity contribution in [1.29, 1.82) is 0 Å². The maximum Gasteiger partial charge on any atom is 0.416 e. The minimum Gasteiger partial charge on any atom is -0.481 e. The fourth-order valence-corrected chi connectivity index (χ4v) is 3.52. The third kappa shape index (κ3) is 5.76. The van der Waals surface area contributed by atoms with E-state index < -0.39 is 28.9 Å². The Morgan fingerprint density at radius 3 is 2.68 bits per heavy atom. The molecule has 0 radical (unpaired) electrons. The van der Waals surface area contributed by atoms with Gasteiger partial charge in [0.2, 0.25) is 0 Å². The molecule has 1 N–H and O–H groups in total. The van der Waals surface area contributed by atoms with E-state index in [4.69, 9.17) is 14.3 Å². The number of benzene rings is 1. The quantitative estimate of drug-likeness (QED) is 0.463. The molecule has 1 saturated heterocycles. The topological polar surface area (TPSA) is 97.1 Å². The number of amides is 2. The SMILES string of the molecule is O=C(O)CCOCCN1C(=O)SC(=Cc2ccc(-c3cccc(C(F)(F)F)c3)o2)C1=O. The van der Waals surface area contributed by atoms with Gasteiger partial charge in [-0.15, -0.1) is 0 Å². The van der Waals surface area contributed by atoms with E-state index in [2.05, 4.69) is 0 Å². The number of halogens is 3. The van der Waals surface area contributed by atoms with E-state index in [-0.39, 0.29) is 48.2 Å². The zero-order valence-electron chi connectivity index (χ0n) is 15.8. The second-order valence-corrected chi connectivity index (χ2v) is 7.36. The van der Waals surface area contributed by atoms with Gasteiger partial charge in [-0.1, -0.05) is 12.1 Å². The second kappa shape index (κ2) is 9.40. The summed E-state index contributed by atoms with van der Waals surface area (Å²) in [6, 6.07) is 7.61. The molecule has 0 atom stereocenters. The normalized spacial score (nSPS) is 15.8. The second-order valence-electron chi connectivity index (χ2n) is 6.37. The largest absolute Gasteiger partial charge is 0.481 e. The van der Waals surface area contributed by atoms with Crippen LogP contribution in [0.25, 0.3) is 17.4 Å². The van der Waals surface area contributed by atoms with Gasteiger partial charge in [0.1, 0.15) is 11.5 Å². The molecule has 0 aliphatic carbocycles. The fourth-order valence-electron chi connectivity index (χ4n) is 2.67. The summed E-state index contributed by atoms with van der Waals surface area (Å²) in [7, 11) is 0. The summed E-state index contributed by atoms with van der Waals surface area (Å²) < 4.78 is 49.3. The molecular formula is C20H16F3NO6S. The third-order valence-electron chi connectivity index (χ3n) is 4.17. The van der Waals surface area contributed by atoms with Crippen LogP contribution in [0.4, 0.5) is 18.0 Å². The van der Waals surface area contributed by atoms with Gasteiger partial charge in [0.05, 0.1) is 36.6 Å². The van der Waals surface area contributed by atoms with Crippen LogP contribution in [-0.4, -0.2) is 46.9 Å². The Balaban J connectivity index is 1.67. The number of carbonyl (C=O) groups is 3. The highest BCUT2D eigenvalue weighted by atomic mass is 32.2. The first-order valence-electron chi connectivity index (χ1n) is 8.97. The zero-order valence-corrected chi connectivity index (χ0v) is 16.7. The van der Waals surface area contributed by atoms with Crippen LogP contribution < -0.4 is 0 Å². The van der Waals surface area contributed by atoms with Crippen LogP contribution in [0.15, 0.2) is 45.7 Å². The van der Waals surface area contributed by atoms with Gasteiger partial charge >= 0.3 is 12.1 Å². The van der Waals surface area contributed by atoms with Gasteiger partial charge in [0.15, 0.2) is 0 Å². The average Bonchev–Trinajstić information content (AvgIpc) is 3.27. The van der Waals surface area contributed by atoms with Gasteiger partial charge in [-0.3, -0.25) is 19.3 Å². The van der Waals surface area contributed by atoms with Crippen molar-refractivity contribution in [2.24, 2.45) is 0 Å². The summed E-state index contributed by atoms with van der Waals surface area (Å²) in [4.78, 5) is 36.0. The lowest BCUT2D eigenvalue weighted by Gasteiger charge is -2.11. The minimum absolute atomic E-state index is 0.000946. The molecule has 3 rings (SSSR count). The number of carbonyl (C=O) groups excluding carboxylic acids is 2. The van der Waals surface area contributed by atoms with Crippen molar-refractivity contribution < 1.29 is 41.8 Å². The number of furan rings is 1. The van der Waals surface area contributed by atoms with Crippen LogP contribution >= 0.6 is 11.8 Å². The van der Waals surface area contributed by atoms with E-state index in [9.17, 15) is 27.6 Å². The Kier molecular flexibility index (Phi) is 6.86. The molecule has 1 aliphatic rings. The number of imide groups is 1. The number of aliphatic carboxylic acids is 1. The van der Waals surface area contributed by atoms with Gasteiger partial charge in [-0.05, 0) is 36.0 Å². The number of hydrogen-bond acceptors (Lipinski definition) is 6. The van der Waals surface area contributed by atoms with E-state index in [0.29, 0.717) is 11.8 Å². The zero-order chi connectivity index (χ0) is 22.6. The van der Waals surface area contributed by atoms with Crippen LogP contribution in [0.2, 0.25) is 0 Å². The molecule has 7 nitrogen and oxygen atoms in total. The smallest absolute Gasteiger partial charge is 0.416 e. The van der Waals surface area contributed by atoms with Gasteiger partial charge < -0.3 is 14.3 Å². The van der Waals surface area contributed by atoms with E-state index in [1.54, 1.807) is 0 Å². The first-order chi connectivity index (χ1) is 14.6. The molecule has 1 fully saturated rings. The van der Waals surface area contributed by atoms with Gasteiger partial charge in [0, 0.05) is 11.6 Å². The Morgan fingerprint density at radius 1 is 1.19 bits per heavy atom. The maximum absolute atomic E-state index is 12.9. The van der Waals surface area contributed by atoms with Crippen LogP contribution in [0.3, 0.4) is 0 Å². The Bertz CT molecular complexity index is 1030. The predicted molar refractivity (Wildman–Crippen MR) is 105 cm³/mol. The summed E-state index contributed by atoms with van der Waals surface area (Å²) >= 11 is 0.696. The molecule has 1 aromatic carbocycles. The van der Waals surface area contributed by atoms with Crippen molar-refractivity contribution in [3.05, 3.63) is 52.6 Å². The molecule has 0 spiro atoms. The van der Waals surface area contributed by atoms with Gasteiger partial charge in [-0.2, -0.15) is 13.2 Å². The number of rotatable bonds is 8. The Hall–Kier alpha value is -3.05. The molecule has 1 aliphatic heterocycles. The van der Waals surface area contributed by atoms with Gasteiger partial charge in [0.25, 0.3) is 11.1 Å². The highest BCUT2D eigenvalue weighted by molar-refractivity contribution is 8.18. The molecule has 2 amide bonds. The number of carboxylic acid groups (broad SMARTS) is 1. The highest BCUT2D eigenvalue weighted by Crippen LogP contribution is 2.35. The molecule has 164 valence electrons. The molecule has 2 heterocycles. The van der Waals surface area contributed by atoms with E-state index in [0.717, 1.165) is 17.0 Å². The van der Waals surface area contributed by atoms with E-state index in [1.165, 1.54) is 30.3 Å². The molecule has 1 aromatic heterocycles. The summed E-state index contributed by atoms with van der Waals surface area (Å²) in [6.45, 7) is -0.0690. The first kappa shape index (κ1) is 22.6. The molecule has 11 heteroatoms. The van der Waals surface area contributed by atoms with Crippen molar-refractivity contribution in [3.63, 3.8) is 0 Å². The molecular weight excluding hydrogens is 439 g/mol. The van der Waals surface area contributed by atoms with Crippen molar-refractivity contribution in [3.8, 4) is 11.3 Å². The van der Waals surface area contributed by atoms with Crippen molar-refractivity contribution >= 4 is 35.0 Å². The van der Waals surface area contributed by atoms with Crippen LogP contribution in [-0.2, 0) is 20.5 Å². The summed E-state index contributed by atoms with van der Waals surface area (Å²) in [5, 5.41) is 8.03. The number of nitrogens with zero attached hydrogens (tertiary/aromatic N) is 1. The number of hydrogen-bond donors (Lipinski definition) is 1. The minimum atomic E-state index is -4.48.